The number of fused-ring (bicyclic) bond motifs is 3. The first-order chi connectivity index (χ1) is 9.94. The smallest absolute Gasteiger partial charge is 0.410 e. The van der Waals surface area contributed by atoms with E-state index in [1.54, 1.807) is 0 Å². The van der Waals surface area contributed by atoms with Crippen molar-refractivity contribution in [3.05, 3.63) is 41.5 Å². The number of rotatable bonds is 1. The molecular weight excluding hydrogens is 262 g/mol. The maximum absolute atomic E-state index is 12.3. The van der Waals surface area contributed by atoms with Gasteiger partial charge in [0.25, 0.3) is 0 Å². The molecule has 0 N–H and O–H groups in total. The number of benzene rings is 1. The number of amides is 1. The van der Waals surface area contributed by atoms with Gasteiger partial charge in [-0.05, 0) is 56.7 Å². The molecule has 0 saturated carbocycles. The second-order valence-electron chi connectivity index (χ2n) is 6.95. The van der Waals surface area contributed by atoms with Gasteiger partial charge >= 0.3 is 6.09 Å². The molecule has 1 aliphatic carbocycles. The SMILES string of the molecule is CC(C)(C)OC(=O)N1CC2=C(c3ccccc3)CC1CC2. The van der Waals surface area contributed by atoms with E-state index in [0.29, 0.717) is 0 Å². The number of carbonyl (C=O) groups excluding carboxylic acids is 1. The van der Waals surface area contributed by atoms with Gasteiger partial charge in [0.15, 0.2) is 0 Å². The minimum absolute atomic E-state index is 0.170. The molecule has 1 saturated heterocycles. The predicted octanol–water partition coefficient (Wildman–Crippen LogP) is 4.24. The lowest BCUT2D eigenvalue weighted by molar-refractivity contribution is 0.0133. The van der Waals surface area contributed by atoms with Crippen molar-refractivity contribution in [2.24, 2.45) is 0 Å². The highest BCUT2D eigenvalue weighted by molar-refractivity contribution is 5.76. The van der Waals surface area contributed by atoms with Gasteiger partial charge in [-0.1, -0.05) is 30.3 Å². The Morgan fingerprint density at radius 1 is 1.24 bits per heavy atom. The first-order valence-corrected chi connectivity index (χ1v) is 7.70. The Labute approximate surface area is 126 Å². The molecule has 21 heavy (non-hydrogen) atoms. The molecular formula is C18H23NO2. The van der Waals surface area contributed by atoms with Crippen LogP contribution in [0.4, 0.5) is 4.79 Å². The van der Waals surface area contributed by atoms with Crippen molar-refractivity contribution in [1.82, 2.24) is 4.90 Å². The lowest BCUT2D eigenvalue weighted by Crippen LogP contribution is -2.49. The van der Waals surface area contributed by atoms with Crippen molar-refractivity contribution in [3.8, 4) is 0 Å². The molecule has 1 fully saturated rings. The number of nitrogens with zero attached hydrogens (tertiary/aromatic N) is 1. The zero-order valence-electron chi connectivity index (χ0n) is 13.1. The Bertz CT molecular complexity index is 569. The van der Waals surface area contributed by atoms with Crippen LogP contribution in [0.25, 0.3) is 5.57 Å². The molecule has 1 atom stereocenters. The van der Waals surface area contributed by atoms with E-state index in [4.69, 9.17) is 4.74 Å². The molecule has 1 unspecified atom stereocenters. The Morgan fingerprint density at radius 2 is 1.95 bits per heavy atom. The maximum Gasteiger partial charge on any atom is 0.410 e. The van der Waals surface area contributed by atoms with Crippen LogP contribution in [0, 0.1) is 0 Å². The molecule has 3 heteroatoms. The second kappa shape index (κ2) is 5.21. The lowest BCUT2D eigenvalue weighted by atomic mass is 9.80. The molecule has 2 aliphatic heterocycles. The summed E-state index contributed by atoms with van der Waals surface area (Å²) in [6.45, 7) is 6.48. The summed E-state index contributed by atoms with van der Waals surface area (Å²) in [5.41, 5.74) is 3.71. The van der Waals surface area contributed by atoms with Crippen LogP contribution < -0.4 is 0 Å². The fourth-order valence-electron chi connectivity index (χ4n) is 3.24. The van der Waals surface area contributed by atoms with Crippen molar-refractivity contribution in [2.75, 3.05) is 6.54 Å². The first kappa shape index (κ1) is 14.2. The van der Waals surface area contributed by atoms with Crippen LogP contribution in [0.15, 0.2) is 35.9 Å². The van der Waals surface area contributed by atoms with Crippen LogP contribution in [0.3, 0.4) is 0 Å². The van der Waals surface area contributed by atoms with Gasteiger partial charge in [0.2, 0.25) is 0 Å². The van der Waals surface area contributed by atoms with Crippen LogP contribution in [0.1, 0.15) is 45.6 Å². The van der Waals surface area contributed by atoms with Gasteiger partial charge < -0.3 is 9.64 Å². The zero-order valence-corrected chi connectivity index (χ0v) is 13.1. The third-order valence-corrected chi connectivity index (χ3v) is 4.20. The fourth-order valence-corrected chi connectivity index (χ4v) is 3.24. The molecule has 3 aliphatic rings. The molecule has 0 aromatic heterocycles. The summed E-state index contributed by atoms with van der Waals surface area (Å²) in [5.74, 6) is 0. The molecule has 0 radical (unpaired) electrons. The Balaban J connectivity index is 1.81. The summed E-state index contributed by atoms with van der Waals surface area (Å²) in [4.78, 5) is 14.2. The standard InChI is InChI=1S/C18H23NO2/c1-18(2,3)21-17(20)19-12-14-9-10-15(19)11-16(14)13-7-5-4-6-8-13/h4-8,15H,9-12H2,1-3H3. The van der Waals surface area contributed by atoms with Gasteiger partial charge in [-0.15, -0.1) is 0 Å². The monoisotopic (exact) mass is 285 g/mol. The van der Waals surface area contributed by atoms with Crippen LogP contribution in [0.2, 0.25) is 0 Å². The van der Waals surface area contributed by atoms with Gasteiger partial charge in [0.05, 0.1) is 0 Å². The van der Waals surface area contributed by atoms with Crippen molar-refractivity contribution in [2.45, 2.75) is 51.7 Å². The van der Waals surface area contributed by atoms with E-state index in [9.17, 15) is 4.79 Å². The molecule has 112 valence electrons. The minimum Gasteiger partial charge on any atom is -0.444 e. The average Bonchev–Trinajstić information content (AvgIpc) is 2.47. The van der Waals surface area contributed by atoms with E-state index >= 15 is 0 Å². The highest BCUT2D eigenvalue weighted by Gasteiger charge is 2.37. The van der Waals surface area contributed by atoms with Crippen LogP contribution in [-0.2, 0) is 4.74 Å². The van der Waals surface area contributed by atoms with Gasteiger partial charge in [-0.25, -0.2) is 4.79 Å². The van der Waals surface area contributed by atoms with Crippen molar-refractivity contribution in [3.63, 3.8) is 0 Å². The van der Waals surface area contributed by atoms with E-state index in [1.165, 1.54) is 16.7 Å². The van der Waals surface area contributed by atoms with Crippen LogP contribution in [0.5, 0.6) is 0 Å². The maximum atomic E-state index is 12.3. The topological polar surface area (TPSA) is 29.5 Å². The Hall–Kier alpha value is -1.77. The van der Waals surface area contributed by atoms with Crippen LogP contribution in [-0.4, -0.2) is 29.2 Å². The fraction of sp³-hybridized carbons (Fsp3) is 0.500. The van der Waals surface area contributed by atoms with E-state index in [2.05, 4.69) is 24.3 Å². The van der Waals surface area contributed by atoms with Gasteiger partial charge in [0, 0.05) is 12.6 Å². The lowest BCUT2D eigenvalue weighted by Gasteiger charge is -2.43. The summed E-state index contributed by atoms with van der Waals surface area (Å²) in [6, 6.07) is 10.8. The number of carbonyl (C=O) groups is 1. The Morgan fingerprint density at radius 3 is 2.52 bits per heavy atom. The number of piperidine rings is 1. The van der Waals surface area contributed by atoms with Gasteiger partial charge in [-0.3, -0.25) is 0 Å². The second-order valence-corrected chi connectivity index (χ2v) is 6.95. The molecule has 2 bridgehead atoms. The Kier molecular flexibility index (Phi) is 3.52. The molecule has 4 rings (SSSR count). The third-order valence-electron chi connectivity index (χ3n) is 4.20. The average molecular weight is 285 g/mol. The quantitative estimate of drug-likeness (QED) is 0.772. The minimum atomic E-state index is -0.426. The molecule has 2 heterocycles. The van der Waals surface area contributed by atoms with Crippen LogP contribution >= 0.6 is 0 Å². The summed E-state index contributed by atoms with van der Waals surface area (Å²) < 4.78 is 5.54. The molecule has 0 spiro atoms. The predicted molar refractivity (Wildman–Crippen MR) is 83.9 cm³/mol. The number of hydrogen-bond donors (Lipinski definition) is 0. The summed E-state index contributed by atoms with van der Waals surface area (Å²) in [7, 11) is 0. The molecule has 1 aromatic rings. The third kappa shape index (κ3) is 2.97. The molecule has 3 nitrogen and oxygen atoms in total. The number of ether oxygens (including phenoxy) is 1. The van der Waals surface area contributed by atoms with E-state index in [-0.39, 0.29) is 12.1 Å². The van der Waals surface area contributed by atoms with Crippen molar-refractivity contribution in [1.29, 1.82) is 0 Å². The first-order valence-electron chi connectivity index (χ1n) is 7.70. The highest BCUT2D eigenvalue weighted by atomic mass is 16.6. The summed E-state index contributed by atoms with van der Waals surface area (Å²) in [5, 5.41) is 0. The highest BCUT2D eigenvalue weighted by Crippen LogP contribution is 2.40. The summed E-state index contributed by atoms with van der Waals surface area (Å²) >= 11 is 0. The largest absolute Gasteiger partial charge is 0.444 e. The molecule has 1 aromatic carbocycles. The van der Waals surface area contributed by atoms with E-state index < -0.39 is 5.60 Å². The summed E-state index contributed by atoms with van der Waals surface area (Å²) in [6.07, 6.45) is 2.95. The van der Waals surface area contributed by atoms with Crippen molar-refractivity contribution >= 4 is 11.7 Å². The van der Waals surface area contributed by atoms with Gasteiger partial charge in [-0.2, -0.15) is 0 Å². The van der Waals surface area contributed by atoms with E-state index in [1.807, 2.05) is 31.7 Å². The number of hydrogen-bond acceptors (Lipinski definition) is 2. The molecule has 1 amide bonds. The normalized spacial score (nSPS) is 21.7. The van der Waals surface area contributed by atoms with Gasteiger partial charge in [0.1, 0.15) is 5.60 Å². The van der Waals surface area contributed by atoms with E-state index in [0.717, 1.165) is 25.8 Å². The van der Waals surface area contributed by atoms with Crippen molar-refractivity contribution < 1.29 is 9.53 Å². The zero-order chi connectivity index (χ0) is 15.0.